The van der Waals surface area contributed by atoms with Gasteiger partial charge in [0.2, 0.25) is 0 Å². The number of aromatic nitrogens is 2. The van der Waals surface area contributed by atoms with E-state index in [1.54, 1.807) is 0 Å². The number of nitrogens with one attached hydrogen (secondary N) is 1. The van der Waals surface area contributed by atoms with E-state index in [9.17, 15) is 4.79 Å². The third-order valence-corrected chi connectivity index (χ3v) is 5.82. The molecule has 2 aromatic heterocycles. The molecule has 2 heterocycles. The van der Waals surface area contributed by atoms with Gasteiger partial charge in [0.05, 0.1) is 23.1 Å². The maximum atomic E-state index is 12.8. The monoisotopic (exact) mass is 362 g/mol. The van der Waals surface area contributed by atoms with E-state index in [-0.39, 0.29) is 5.91 Å². The highest BCUT2D eigenvalue weighted by Crippen LogP contribution is 2.40. The Morgan fingerprint density at radius 3 is 2.65 bits per heavy atom. The Bertz CT molecular complexity index is 1040. The second-order valence-electron chi connectivity index (χ2n) is 6.66. The molecule has 1 N–H and O–H groups in total. The van der Waals surface area contributed by atoms with Crippen LogP contribution in [-0.2, 0) is 6.42 Å². The number of amides is 1. The number of anilines is 1. The van der Waals surface area contributed by atoms with E-state index in [0.29, 0.717) is 17.2 Å². The van der Waals surface area contributed by atoms with Gasteiger partial charge in [-0.25, -0.2) is 9.97 Å². The molecule has 1 aromatic carbocycles. The molecule has 0 saturated heterocycles. The van der Waals surface area contributed by atoms with E-state index in [4.69, 9.17) is 10.2 Å². The van der Waals surface area contributed by atoms with Gasteiger partial charge in [-0.3, -0.25) is 4.79 Å². The summed E-state index contributed by atoms with van der Waals surface area (Å²) in [7, 11) is 0. The van der Waals surface area contributed by atoms with Crippen molar-refractivity contribution in [2.24, 2.45) is 0 Å². The number of fused-ring (bicyclic) bond motifs is 1. The van der Waals surface area contributed by atoms with Gasteiger partial charge in [0.1, 0.15) is 10.7 Å². The molecule has 1 saturated carbocycles. The number of benzene rings is 1. The van der Waals surface area contributed by atoms with E-state index < -0.39 is 0 Å². The lowest BCUT2D eigenvalue weighted by molar-refractivity contribution is 0.103. The number of aryl methyl sites for hydroxylation is 2. The molecule has 1 aliphatic carbocycles. The number of rotatable bonds is 4. The number of hydrogen-bond acceptors (Lipinski definition) is 5. The summed E-state index contributed by atoms with van der Waals surface area (Å²) in [5, 5.41) is 12.7. The van der Waals surface area contributed by atoms with Gasteiger partial charge >= 0.3 is 0 Å². The van der Waals surface area contributed by atoms with Crippen LogP contribution < -0.4 is 5.32 Å². The fourth-order valence-electron chi connectivity index (χ4n) is 3.09. The highest BCUT2D eigenvalue weighted by atomic mass is 32.1. The lowest BCUT2D eigenvalue weighted by Gasteiger charge is -2.05. The van der Waals surface area contributed by atoms with Gasteiger partial charge < -0.3 is 5.32 Å². The van der Waals surface area contributed by atoms with Crippen molar-refractivity contribution in [1.82, 2.24) is 9.97 Å². The van der Waals surface area contributed by atoms with Crippen LogP contribution in [0.15, 0.2) is 24.3 Å². The summed E-state index contributed by atoms with van der Waals surface area (Å²) in [5.41, 5.74) is 3.53. The second-order valence-corrected chi connectivity index (χ2v) is 7.66. The van der Waals surface area contributed by atoms with E-state index in [0.717, 1.165) is 51.4 Å². The van der Waals surface area contributed by atoms with Crippen molar-refractivity contribution < 1.29 is 4.79 Å². The van der Waals surface area contributed by atoms with Crippen LogP contribution in [0.2, 0.25) is 0 Å². The topological polar surface area (TPSA) is 78.7 Å². The Kier molecular flexibility index (Phi) is 4.17. The van der Waals surface area contributed by atoms with Crippen molar-refractivity contribution in [2.45, 2.75) is 39.0 Å². The smallest absolute Gasteiger partial charge is 0.266 e. The summed E-state index contributed by atoms with van der Waals surface area (Å²) in [5.74, 6) is 1.27. The highest BCUT2D eigenvalue weighted by Gasteiger charge is 2.28. The molecule has 0 radical (unpaired) electrons. The van der Waals surface area contributed by atoms with E-state index in [1.165, 1.54) is 11.3 Å². The minimum Gasteiger partial charge on any atom is -0.321 e. The van der Waals surface area contributed by atoms with Gasteiger partial charge in [0, 0.05) is 17.0 Å². The second kappa shape index (κ2) is 6.50. The molecule has 0 spiro atoms. The number of nitrogens with zero attached hydrogens (tertiary/aromatic N) is 3. The zero-order chi connectivity index (χ0) is 18.3. The predicted octanol–water partition coefficient (Wildman–Crippen LogP) is 4.50. The summed E-state index contributed by atoms with van der Waals surface area (Å²) in [6.45, 7) is 3.95. The third kappa shape index (κ3) is 3.06. The van der Waals surface area contributed by atoms with Crippen LogP contribution in [0.1, 0.15) is 51.1 Å². The summed E-state index contributed by atoms with van der Waals surface area (Å²) >= 11 is 1.43. The molecular weight excluding hydrogens is 344 g/mol. The lowest BCUT2D eigenvalue weighted by Crippen LogP contribution is -2.11. The molecule has 6 heteroatoms. The van der Waals surface area contributed by atoms with Gasteiger partial charge in [-0.05, 0) is 49.9 Å². The molecule has 1 amide bonds. The van der Waals surface area contributed by atoms with Crippen molar-refractivity contribution in [3.05, 3.63) is 51.8 Å². The predicted molar refractivity (Wildman–Crippen MR) is 103 cm³/mol. The first-order valence-corrected chi connectivity index (χ1v) is 9.43. The van der Waals surface area contributed by atoms with Crippen LogP contribution in [0.3, 0.4) is 0 Å². The van der Waals surface area contributed by atoms with Gasteiger partial charge in [0.25, 0.3) is 5.91 Å². The van der Waals surface area contributed by atoms with Crippen molar-refractivity contribution in [2.75, 3.05) is 5.32 Å². The maximum absolute atomic E-state index is 12.8. The molecular formula is C20H18N4OS. The Morgan fingerprint density at radius 2 is 2.00 bits per heavy atom. The maximum Gasteiger partial charge on any atom is 0.266 e. The molecule has 5 nitrogen and oxygen atoms in total. The number of hydrogen-bond donors (Lipinski definition) is 1. The van der Waals surface area contributed by atoms with Gasteiger partial charge in [-0.1, -0.05) is 12.1 Å². The first-order chi connectivity index (χ1) is 12.6. The summed E-state index contributed by atoms with van der Waals surface area (Å²) in [6.07, 6.45) is 2.68. The third-order valence-electron chi connectivity index (χ3n) is 4.63. The molecule has 4 rings (SSSR count). The number of carbonyl (C=O) groups is 1. The molecule has 26 heavy (non-hydrogen) atoms. The average Bonchev–Trinajstić information content (AvgIpc) is 3.41. The Hall–Kier alpha value is -2.78. The summed E-state index contributed by atoms with van der Waals surface area (Å²) < 4.78 is 0. The SMILES string of the molecule is Cc1nc(C2CC2)nc2sc(C(=O)Nc3ccc(CC#N)cc3)c(C)c12. The van der Waals surface area contributed by atoms with E-state index in [2.05, 4.69) is 16.4 Å². The van der Waals surface area contributed by atoms with Crippen molar-refractivity contribution in [1.29, 1.82) is 5.26 Å². The fourth-order valence-corrected chi connectivity index (χ4v) is 4.22. The minimum absolute atomic E-state index is 0.133. The van der Waals surface area contributed by atoms with Crippen molar-refractivity contribution in [3.63, 3.8) is 0 Å². The van der Waals surface area contributed by atoms with Gasteiger partial charge in [-0.15, -0.1) is 11.3 Å². The zero-order valence-electron chi connectivity index (χ0n) is 14.7. The van der Waals surface area contributed by atoms with Crippen LogP contribution >= 0.6 is 11.3 Å². The normalized spacial score (nSPS) is 13.6. The quantitative estimate of drug-likeness (QED) is 0.741. The first kappa shape index (κ1) is 16.7. The van der Waals surface area contributed by atoms with Crippen molar-refractivity contribution >= 4 is 33.1 Å². The van der Waals surface area contributed by atoms with Gasteiger partial charge in [-0.2, -0.15) is 5.26 Å². The average molecular weight is 362 g/mol. The standard InChI is InChI=1S/C20H18N4OS/c1-11-16-12(2)22-18(14-5-6-14)24-20(16)26-17(11)19(25)23-15-7-3-13(4-8-15)9-10-21/h3-4,7-8,14H,5-6,9H2,1-2H3,(H,23,25). The van der Waals surface area contributed by atoms with E-state index >= 15 is 0 Å². The Balaban J connectivity index is 1.63. The van der Waals surface area contributed by atoms with Crippen molar-refractivity contribution in [3.8, 4) is 6.07 Å². The van der Waals surface area contributed by atoms with Gasteiger partial charge in [0.15, 0.2) is 0 Å². The van der Waals surface area contributed by atoms with Crippen LogP contribution in [-0.4, -0.2) is 15.9 Å². The van der Waals surface area contributed by atoms with Crippen LogP contribution in [0.4, 0.5) is 5.69 Å². The zero-order valence-corrected chi connectivity index (χ0v) is 15.5. The Morgan fingerprint density at radius 1 is 1.27 bits per heavy atom. The lowest BCUT2D eigenvalue weighted by atomic mass is 10.1. The number of nitriles is 1. The first-order valence-electron chi connectivity index (χ1n) is 8.61. The number of thiophene rings is 1. The summed E-state index contributed by atoms with van der Waals surface area (Å²) in [4.78, 5) is 23.7. The van der Waals surface area contributed by atoms with E-state index in [1.807, 2.05) is 38.1 Å². The van der Waals surface area contributed by atoms with Crippen LogP contribution in [0.25, 0.3) is 10.2 Å². The molecule has 0 unspecified atom stereocenters. The summed E-state index contributed by atoms with van der Waals surface area (Å²) in [6, 6.07) is 9.47. The largest absolute Gasteiger partial charge is 0.321 e. The molecule has 0 bridgehead atoms. The molecule has 1 aliphatic rings. The number of carbonyl (C=O) groups excluding carboxylic acids is 1. The van der Waals surface area contributed by atoms with Crippen LogP contribution in [0.5, 0.6) is 0 Å². The molecule has 0 atom stereocenters. The van der Waals surface area contributed by atoms with Crippen LogP contribution in [0, 0.1) is 25.2 Å². The fraction of sp³-hybridized carbons (Fsp3) is 0.300. The molecule has 130 valence electrons. The molecule has 0 aliphatic heterocycles. The Labute approximate surface area is 155 Å². The highest BCUT2D eigenvalue weighted by molar-refractivity contribution is 7.20. The minimum atomic E-state index is -0.133. The molecule has 3 aromatic rings. The molecule has 1 fully saturated rings.